The molecular formula is C13H22N4O. The van der Waals surface area contributed by atoms with Crippen LogP contribution in [0.3, 0.4) is 0 Å². The largest absolute Gasteiger partial charge is 0.370 e. The predicted octanol–water partition coefficient (Wildman–Crippen LogP) is 0.827. The maximum absolute atomic E-state index is 11.9. The Morgan fingerprint density at radius 1 is 1.50 bits per heavy atom. The van der Waals surface area contributed by atoms with Gasteiger partial charge in [0.05, 0.1) is 18.4 Å². The molecule has 1 fully saturated rings. The Labute approximate surface area is 108 Å². The van der Waals surface area contributed by atoms with Gasteiger partial charge in [-0.1, -0.05) is 6.92 Å². The second-order valence-electron chi connectivity index (χ2n) is 5.38. The van der Waals surface area contributed by atoms with E-state index in [-0.39, 0.29) is 11.6 Å². The van der Waals surface area contributed by atoms with Crippen LogP contribution >= 0.6 is 0 Å². The fourth-order valence-corrected chi connectivity index (χ4v) is 2.27. The number of aromatic nitrogens is 2. The molecule has 0 aliphatic carbocycles. The second-order valence-corrected chi connectivity index (χ2v) is 5.38. The molecule has 0 saturated carbocycles. The van der Waals surface area contributed by atoms with Crippen LogP contribution in [0.25, 0.3) is 0 Å². The van der Waals surface area contributed by atoms with Crippen molar-refractivity contribution in [2.45, 2.75) is 39.3 Å². The van der Waals surface area contributed by atoms with Gasteiger partial charge in [-0.15, -0.1) is 0 Å². The number of hydrogen-bond acceptors (Lipinski definition) is 4. The van der Waals surface area contributed by atoms with E-state index >= 15 is 0 Å². The summed E-state index contributed by atoms with van der Waals surface area (Å²) >= 11 is 0. The average molecular weight is 250 g/mol. The Hall–Kier alpha value is -1.36. The van der Waals surface area contributed by atoms with Crippen LogP contribution in [-0.2, 0) is 6.54 Å². The maximum atomic E-state index is 11.9. The van der Waals surface area contributed by atoms with Crippen molar-refractivity contribution in [1.29, 1.82) is 0 Å². The summed E-state index contributed by atoms with van der Waals surface area (Å²) in [5.74, 6) is 0.785. The number of anilines is 1. The zero-order chi connectivity index (χ0) is 13.1. The van der Waals surface area contributed by atoms with Gasteiger partial charge in [-0.3, -0.25) is 4.79 Å². The summed E-state index contributed by atoms with van der Waals surface area (Å²) in [6, 6.07) is 1.61. The highest BCUT2D eigenvalue weighted by molar-refractivity contribution is 5.43. The Balaban J connectivity index is 2.11. The third kappa shape index (κ3) is 3.10. The fraction of sp³-hybridized carbons (Fsp3) is 0.692. The van der Waals surface area contributed by atoms with Crippen LogP contribution in [0.5, 0.6) is 0 Å². The van der Waals surface area contributed by atoms with Gasteiger partial charge in [0, 0.05) is 25.2 Å². The van der Waals surface area contributed by atoms with Crippen LogP contribution < -0.4 is 16.2 Å². The maximum Gasteiger partial charge on any atom is 0.268 e. The quantitative estimate of drug-likeness (QED) is 0.863. The summed E-state index contributed by atoms with van der Waals surface area (Å²) in [6.07, 6.45) is 4.14. The van der Waals surface area contributed by atoms with E-state index in [1.807, 2.05) is 6.92 Å². The van der Waals surface area contributed by atoms with Crippen molar-refractivity contribution in [2.75, 3.05) is 18.0 Å². The number of piperidine rings is 1. The van der Waals surface area contributed by atoms with Gasteiger partial charge >= 0.3 is 0 Å². The van der Waals surface area contributed by atoms with Gasteiger partial charge in [0.1, 0.15) is 0 Å². The van der Waals surface area contributed by atoms with E-state index in [1.54, 1.807) is 12.3 Å². The van der Waals surface area contributed by atoms with Crippen LogP contribution in [-0.4, -0.2) is 28.9 Å². The van der Waals surface area contributed by atoms with Gasteiger partial charge in [0.15, 0.2) is 0 Å². The van der Waals surface area contributed by atoms with Crippen LogP contribution in [0.1, 0.15) is 26.7 Å². The SMILES string of the molecule is CC(N)Cn1ncc(N2CCC(C)CC2)cc1=O. The second kappa shape index (κ2) is 5.52. The molecule has 1 aliphatic rings. The minimum Gasteiger partial charge on any atom is -0.370 e. The molecule has 0 aromatic carbocycles. The highest BCUT2D eigenvalue weighted by atomic mass is 16.1. The van der Waals surface area contributed by atoms with Gasteiger partial charge < -0.3 is 10.6 Å². The lowest BCUT2D eigenvalue weighted by atomic mass is 9.99. The number of hydrogen-bond donors (Lipinski definition) is 1. The molecule has 0 spiro atoms. The number of rotatable bonds is 3. The first-order valence-corrected chi connectivity index (χ1v) is 6.64. The van der Waals surface area contributed by atoms with Crippen molar-refractivity contribution in [1.82, 2.24) is 9.78 Å². The number of nitrogens with two attached hydrogens (primary N) is 1. The monoisotopic (exact) mass is 250 g/mol. The summed E-state index contributed by atoms with van der Waals surface area (Å²) in [6.45, 7) is 6.64. The molecule has 1 aromatic heterocycles. The molecule has 2 rings (SSSR count). The lowest BCUT2D eigenvalue weighted by Crippen LogP contribution is -2.36. The molecule has 100 valence electrons. The molecule has 18 heavy (non-hydrogen) atoms. The zero-order valence-electron chi connectivity index (χ0n) is 11.2. The van der Waals surface area contributed by atoms with Crippen molar-refractivity contribution < 1.29 is 0 Å². The van der Waals surface area contributed by atoms with E-state index in [4.69, 9.17) is 5.73 Å². The van der Waals surface area contributed by atoms with E-state index in [0.717, 1.165) is 24.7 Å². The first-order chi connectivity index (χ1) is 8.56. The topological polar surface area (TPSA) is 64.2 Å². The fourth-order valence-electron chi connectivity index (χ4n) is 2.27. The molecule has 1 aromatic rings. The van der Waals surface area contributed by atoms with E-state index in [9.17, 15) is 4.79 Å². The summed E-state index contributed by atoms with van der Waals surface area (Å²) in [5.41, 5.74) is 6.55. The first-order valence-electron chi connectivity index (χ1n) is 6.64. The van der Waals surface area contributed by atoms with Crippen LogP contribution in [0, 0.1) is 5.92 Å². The molecule has 1 aliphatic heterocycles. The molecule has 5 heteroatoms. The Morgan fingerprint density at radius 3 is 2.72 bits per heavy atom. The standard InChI is InChI=1S/C13H22N4O/c1-10-3-5-16(6-4-10)12-7-13(18)17(15-8-12)9-11(2)14/h7-8,10-11H,3-6,9,14H2,1-2H3. The van der Waals surface area contributed by atoms with Crippen LogP contribution in [0.4, 0.5) is 5.69 Å². The third-order valence-corrected chi connectivity index (χ3v) is 3.46. The summed E-state index contributed by atoms with van der Waals surface area (Å²) in [5, 5.41) is 4.20. The summed E-state index contributed by atoms with van der Waals surface area (Å²) in [7, 11) is 0. The van der Waals surface area contributed by atoms with Gasteiger partial charge in [-0.25, -0.2) is 4.68 Å². The van der Waals surface area contributed by atoms with Crippen LogP contribution in [0.15, 0.2) is 17.1 Å². The summed E-state index contributed by atoms with van der Waals surface area (Å²) in [4.78, 5) is 14.1. The normalized spacial score (nSPS) is 18.9. The van der Waals surface area contributed by atoms with Gasteiger partial charge in [0.25, 0.3) is 5.56 Å². The Kier molecular flexibility index (Phi) is 4.01. The predicted molar refractivity (Wildman–Crippen MR) is 72.8 cm³/mol. The van der Waals surface area contributed by atoms with E-state index in [1.165, 1.54) is 17.5 Å². The molecule has 2 heterocycles. The van der Waals surface area contributed by atoms with Crippen molar-refractivity contribution in [3.05, 3.63) is 22.6 Å². The minimum absolute atomic E-state index is 0.0584. The molecule has 0 bridgehead atoms. The molecular weight excluding hydrogens is 228 g/mol. The average Bonchev–Trinajstić information content (AvgIpc) is 2.32. The Morgan fingerprint density at radius 2 is 2.17 bits per heavy atom. The van der Waals surface area contributed by atoms with E-state index < -0.39 is 0 Å². The van der Waals surface area contributed by atoms with Gasteiger partial charge in [-0.2, -0.15) is 5.10 Å². The molecule has 1 saturated heterocycles. The lowest BCUT2D eigenvalue weighted by molar-refractivity contribution is 0.437. The van der Waals surface area contributed by atoms with Crippen molar-refractivity contribution in [3.63, 3.8) is 0 Å². The van der Waals surface area contributed by atoms with Crippen molar-refractivity contribution >= 4 is 5.69 Å². The molecule has 0 amide bonds. The smallest absolute Gasteiger partial charge is 0.268 e. The lowest BCUT2D eigenvalue weighted by Gasteiger charge is -2.31. The zero-order valence-corrected chi connectivity index (χ0v) is 11.2. The minimum atomic E-state index is -0.0663. The molecule has 0 radical (unpaired) electrons. The summed E-state index contributed by atoms with van der Waals surface area (Å²) < 4.78 is 1.43. The van der Waals surface area contributed by atoms with Crippen molar-refractivity contribution in [2.24, 2.45) is 11.7 Å². The third-order valence-electron chi connectivity index (χ3n) is 3.46. The number of nitrogens with zero attached hydrogens (tertiary/aromatic N) is 3. The molecule has 1 unspecified atom stereocenters. The van der Waals surface area contributed by atoms with E-state index in [0.29, 0.717) is 6.54 Å². The molecule has 2 N–H and O–H groups in total. The van der Waals surface area contributed by atoms with Crippen LogP contribution in [0.2, 0.25) is 0 Å². The Bertz CT molecular complexity index is 447. The van der Waals surface area contributed by atoms with E-state index in [2.05, 4.69) is 16.9 Å². The van der Waals surface area contributed by atoms with Gasteiger partial charge in [0.2, 0.25) is 0 Å². The highest BCUT2D eigenvalue weighted by Crippen LogP contribution is 2.20. The molecule has 5 nitrogen and oxygen atoms in total. The molecule has 1 atom stereocenters. The first kappa shape index (κ1) is 13.1. The van der Waals surface area contributed by atoms with Gasteiger partial charge in [-0.05, 0) is 25.7 Å². The highest BCUT2D eigenvalue weighted by Gasteiger charge is 2.17. The van der Waals surface area contributed by atoms with Crippen molar-refractivity contribution in [3.8, 4) is 0 Å².